The maximum atomic E-state index is 5.91. The molecule has 1 heterocycles. The van der Waals surface area contributed by atoms with Gasteiger partial charge < -0.3 is 10.1 Å². The smallest absolute Gasteiger partial charge is 0.123 e. The third-order valence-corrected chi connectivity index (χ3v) is 3.52. The van der Waals surface area contributed by atoms with E-state index < -0.39 is 0 Å². The summed E-state index contributed by atoms with van der Waals surface area (Å²) in [5.74, 6) is 0.941. The van der Waals surface area contributed by atoms with Gasteiger partial charge in [0.25, 0.3) is 0 Å². The fourth-order valence-corrected chi connectivity index (χ4v) is 2.31. The number of rotatable bonds is 6. The molecule has 1 N–H and O–H groups in total. The van der Waals surface area contributed by atoms with E-state index in [0.717, 1.165) is 22.4 Å². The van der Waals surface area contributed by atoms with E-state index >= 15 is 0 Å². The van der Waals surface area contributed by atoms with Gasteiger partial charge in [0.15, 0.2) is 0 Å². The molecule has 0 saturated carbocycles. The predicted octanol–water partition coefficient (Wildman–Crippen LogP) is 3.45. The van der Waals surface area contributed by atoms with Gasteiger partial charge in [0.1, 0.15) is 12.4 Å². The first-order chi connectivity index (χ1) is 9.94. The summed E-state index contributed by atoms with van der Waals surface area (Å²) in [6.45, 7) is 8.66. The number of nitrogens with zero attached hydrogens (tertiary/aromatic N) is 2. The zero-order valence-corrected chi connectivity index (χ0v) is 14.9. The van der Waals surface area contributed by atoms with Crippen LogP contribution in [0.5, 0.6) is 5.75 Å². The second-order valence-corrected chi connectivity index (χ2v) is 7.23. The Kier molecular flexibility index (Phi) is 5.64. The van der Waals surface area contributed by atoms with Gasteiger partial charge in [-0.1, -0.05) is 18.2 Å². The molecule has 0 aliphatic heterocycles. The summed E-state index contributed by atoms with van der Waals surface area (Å²) in [4.78, 5) is 0. The first-order valence-electron chi connectivity index (χ1n) is 7.08. The van der Waals surface area contributed by atoms with Crippen LogP contribution < -0.4 is 10.1 Å². The van der Waals surface area contributed by atoms with E-state index in [1.54, 1.807) is 0 Å². The summed E-state index contributed by atoms with van der Waals surface area (Å²) in [5, 5.41) is 7.75. The molecule has 0 saturated heterocycles. The Labute approximate surface area is 140 Å². The molecule has 0 amide bonds. The molecule has 0 atom stereocenters. The third-order valence-electron chi connectivity index (χ3n) is 2.96. The Morgan fingerprint density at radius 2 is 2.05 bits per heavy atom. The van der Waals surface area contributed by atoms with Crippen LogP contribution in [0.2, 0.25) is 0 Å². The molecule has 0 aliphatic rings. The Bertz CT molecular complexity index is 575. The number of ether oxygens (including phenoxy) is 1. The van der Waals surface area contributed by atoms with E-state index in [4.69, 9.17) is 4.74 Å². The average Bonchev–Trinajstić information content (AvgIpc) is 2.82. The highest BCUT2D eigenvalue weighted by Crippen LogP contribution is 2.18. The molecule has 0 spiro atoms. The summed E-state index contributed by atoms with van der Waals surface area (Å²) in [6.07, 6.45) is 3.86. The van der Waals surface area contributed by atoms with Crippen molar-refractivity contribution in [3.05, 3.63) is 45.8 Å². The van der Waals surface area contributed by atoms with Gasteiger partial charge in [0.2, 0.25) is 0 Å². The van der Waals surface area contributed by atoms with Crippen molar-refractivity contribution in [3.63, 3.8) is 0 Å². The molecule has 2 rings (SSSR count). The molecule has 114 valence electrons. The van der Waals surface area contributed by atoms with Gasteiger partial charge in [-0.15, -0.1) is 0 Å². The van der Waals surface area contributed by atoms with Crippen LogP contribution in [0.1, 0.15) is 26.3 Å². The summed E-state index contributed by atoms with van der Waals surface area (Å²) in [7, 11) is 0. The zero-order chi connectivity index (χ0) is 15.3. The molecule has 0 unspecified atom stereocenters. The minimum absolute atomic E-state index is 0.0961. The number of para-hydroxylation sites is 1. The lowest BCUT2D eigenvalue weighted by atomic mass is 10.1. The summed E-state index contributed by atoms with van der Waals surface area (Å²) < 4.78 is 8.95. The molecular formula is C16H22IN3O. The fraction of sp³-hybridized carbons (Fsp3) is 0.438. The maximum Gasteiger partial charge on any atom is 0.123 e. The Morgan fingerprint density at radius 1 is 1.29 bits per heavy atom. The molecule has 5 heteroatoms. The highest BCUT2D eigenvalue weighted by molar-refractivity contribution is 14.1. The van der Waals surface area contributed by atoms with Crippen molar-refractivity contribution >= 4 is 22.6 Å². The minimum atomic E-state index is 0.0961. The molecule has 0 fully saturated rings. The molecule has 4 nitrogen and oxygen atoms in total. The minimum Gasteiger partial charge on any atom is -0.491 e. The maximum absolute atomic E-state index is 5.91. The number of hydrogen-bond donors (Lipinski definition) is 1. The monoisotopic (exact) mass is 399 g/mol. The molecule has 1 aromatic carbocycles. The fourth-order valence-electron chi connectivity index (χ4n) is 1.86. The van der Waals surface area contributed by atoms with E-state index in [9.17, 15) is 0 Å². The third kappa shape index (κ3) is 5.67. The SMILES string of the molecule is CC(C)(C)NCc1ccccc1OCCn1cc(I)cn1. The molecule has 1 aromatic heterocycles. The zero-order valence-electron chi connectivity index (χ0n) is 12.8. The second-order valence-electron chi connectivity index (χ2n) is 5.98. The van der Waals surface area contributed by atoms with Crippen LogP contribution in [0.3, 0.4) is 0 Å². The summed E-state index contributed by atoms with van der Waals surface area (Å²) in [6, 6.07) is 8.17. The average molecular weight is 399 g/mol. The molecule has 0 aliphatic carbocycles. The topological polar surface area (TPSA) is 39.1 Å². The van der Waals surface area contributed by atoms with Gasteiger partial charge in [0, 0.05) is 23.8 Å². The van der Waals surface area contributed by atoms with Gasteiger partial charge in [-0.25, -0.2) is 0 Å². The van der Waals surface area contributed by atoms with Crippen molar-refractivity contribution < 1.29 is 4.74 Å². The predicted molar refractivity (Wildman–Crippen MR) is 93.5 cm³/mol. The molecule has 2 aromatic rings. The Morgan fingerprint density at radius 3 is 2.71 bits per heavy atom. The van der Waals surface area contributed by atoms with Gasteiger partial charge in [0.05, 0.1) is 16.3 Å². The van der Waals surface area contributed by atoms with Crippen molar-refractivity contribution in [2.45, 2.75) is 39.4 Å². The van der Waals surface area contributed by atoms with E-state index in [0.29, 0.717) is 6.61 Å². The number of hydrogen-bond acceptors (Lipinski definition) is 3. The van der Waals surface area contributed by atoms with Crippen LogP contribution in [0, 0.1) is 3.57 Å². The van der Waals surface area contributed by atoms with Crippen LogP contribution in [-0.2, 0) is 13.1 Å². The molecule has 0 radical (unpaired) electrons. The van der Waals surface area contributed by atoms with Crippen molar-refractivity contribution in [3.8, 4) is 5.75 Å². The highest BCUT2D eigenvalue weighted by atomic mass is 127. The van der Waals surface area contributed by atoms with E-state index in [1.165, 1.54) is 5.56 Å². The lowest BCUT2D eigenvalue weighted by molar-refractivity contribution is 0.286. The van der Waals surface area contributed by atoms with E-state index in [1.807, 2.05) is 35.3 Å². The highest BCUT2D eigenvalue weighted by Gasteiger charge is 2.10. The molecular weight excluding hydrogens is 377 g/mol. The van der Waals surface area contributed by atoms with Crippen LogP contribution in [0.4, 0.5) is 0 Å². The normalized spacial score (nSPS) is 11.6. The second kappa shape index (κ2) is 7.26. The van der Waals surface area contributed by atoms with Gasteiger partial charge >= 0.3 is 0 Å². The lowest BCUT2D eigenvalue weighted by Gasteiger charge is -2.21. The largest absolute Gasteiger partial charge is 0.491 e. The van der Waals surface area contributed by atoms with Crippen LogP contribution >= 0.6 is 22.6 Å². The van der Waals surface area contributed by atoms with Crippen molar-refractivity contribution in [2.75, 3.05) is 6.61 Å². The summed E-state index contributed by atoms with van der Waals surface area (Å²) in [5.41, 5.74) is 1.28. The van der Waals surface area contributed by atoms with E-state index in [2.05, 4.69) is 59.8 Å². The number of aromatic nitrogens is 2. The van der Waals surface area contributed by atoms with Gasteiger partial charge in [-0.2, -0.15) is 5.10 Å². The Hall–Kier alpha value is -1.08. The van der Waals surface area contributed by atoms with Gasteiger partial charge in [-0.05, 0) is 49.4 Å². The van der Waals surface area contributed by atoms with Crippen LogP contribution in [0.15, 0.2) is 36.7 Å². The number of benzene rings is 1. The number of nitrogens with one attached hydrogen (secondary N) is 1. The van der Waals surface area contributed by atoms with E-state index in [-0.39, 0.29) is 5.54 Å². The standard InChI is InChI=1S/C16H22IN3O/c1-16(2,3)18-10-13-6-4-5-7-15(13)21-9-8-20-12-14(17)11-19-20/h4-7,11-12,18H,8-10H2,1-3H3. The van der Waals surface area contributed by atoms with Crippen molar-refractivity contribution in [1.82, 2.24) is 15.1 Å². The Balaban J connectivity index is 1.90. The van der Waals surface area contributed by atoms with Crippen LogP contribution in [-0.4, -0.2) is 21.9 Å². The quantitative estimate of drug-likeness (QED) is 0.757. The summed E-state index contributed by atoms with van der Waals surface area (Å²) >= 11 is 2.26. The first kappa shape index (κ1) is 16.3. The first-order valence-corrected chi connectivity index (χ1v) is 8.15. The molecule has 21 heavy (non-hydrogen) atoms. The lowest BCUT2D eigenvalue weighted by Crippen LogP contribution is -2.35. The van der Waals surface area contributed by atoms with Crippen LogP contribution in [0.25, 0.3) is 0 Å². The number of halogens is 1. The van der Waals surface area contributed by atoms with Gasteiger partial charge in [-0.3, -0.25) is 4.68 Å². The van der Waals surface area contributed by atoms with Crippen molar-refractivity contribution in [2.24, 2.45) is 0 Å². The van der Waals surface area contributed by atoms with Crippen molar-refractivity contribution in [1.29, 1.82) is 0 Å². The molecule has 0 bridgehead atoms.